The molecule has 3 N–H and O–H groups in total. The second-order valence-corrected chi connectivity index (χ2v) is 5.16. The van der Waals surface area contributed by atoms with Crippen LogP contribution in [-0.4, -0.2) is 18.9 Å². The molecule has 1 heterocycles. The quantitative estimate of drug-likeness (QED) is 0.889. The highest BCUT2D eigenvalue weighted by molar-refractivity contribution is 5.93. The van der Waals surface area contributed by atoms with Crippen molar-refractivity contribution < 1.29 is 0 Å². The summed E-state index contributed by atoms with van der Waals surface area (Å²) in [4.78, 5) is 4.56. The molecule has 2 aromatic carbocycles. The van der Waals surface area contributed by atoms with E-state index in [1.54, 1.807) is 0 Å². The van der Waals surface area contributed by atoms with Crippen molar-refractivity contribution in [1.82, 2.24) is 5.32 Å². The lowest BCUT2D eigenvalue weighted by molar-refractivity contribution is 0.584. The zero-order valence-corrected chi connectivity index (χ0v) is 11.4. The highest BCUT2D eigenvalue weighted by Gasteiger charge is 2.35. The van der Waals surface area contributed by atoms with E-state index in [1.165, 1.54) is 5.56 Å². The topological polar surface area (TPSA) is 50.4 Å². The lowest BCUT2D eigenvalue weighted by Crippen LogP contribution is -2.51. The summed E-state index contributed by atoms with van der Waals surface area (Å²) in [5, 5.41) is 3.34. The van der Waals surface area contributed by atoms with Gasteiger partial charge in [-0.25, -0.2) is 0 Å². The van der Waals surface area contributed by atoms with Crippen molar-refractivity contribution in [2.24, 2.45) is 10.7 Å². The van der Waals surface area contributed by atoms with Gasteiger partial charge in [-0.2, -0.15) is 0 Å². The fourth-order valence-electron chi connectivity index (χ4n) is 2.67. The summed E-state index contributed by atoms with van der Waals surface area (Å²) in [6.07, 6.45) is 0.740. The van der Waals surface area contributed by atoms with E-state index in [1.807, 2.05) is 36.4 Å². The highest BCUT2D eigenvalue weighted by Crippen LogP contribution is 2.25. The summed E-state index contributed by atoms with van der Waals surface area (Å²) in [6, 6.07) is 20.5. The van der Waals surface area contributed by atoms with Gasteiger partial charge in [0, 0.05) is 13.0 Å². The van der Waals surface area contributed by atoms with Crippen LogP contribution in [0.25, 0.3) is 0 Å². The van der Waals surface area contributed by atoms with Gasteiger partial charge in [0.15, 0.2) is 0 Å². The Morgan fingerprint density at radius 1 is 1.00 bits per heavy atom. The molecule has 20 heavy (non-hydrogen) atoms. The van der Waals surface area contributed by atoms with E-state index >= 15 is 0 Å². The summed E-state index contributed by atoms with van der Waals surface area (Å²) in [6.45, 7) is 1.67. The molecule has 3 rings (SSSR count). The van der Waals surface area contributed by atoms with E-state index in [2.05, 4.69) is 34.6 Å². The first-order valence-electron chi connectivity index (χ1n) is 6.96. The third-order valence-electron chi connectivity index (χ3n) is 3.71. The average Bonchev–Trinajstić information content (AvgIpc) is 3.04. The maximum absolute atomic E-state index is 6.76. The molecular formula is C17H19N3. The lowest BCUT2D eigenvalue weighted by atomic mass is 9.83. The largest absolute Gasteiger partial charge is 0.370 e. The summed E-state index contributed by atoms with van der Waals surface area (Å²) >= 11 is 0. The lowest BCUT2D eigenvalue weighted by Gasteiger charge is -2.30. The van der Waals surface area contributed by atoms with Gasteiger partial charge in [0.25, 0.3) is 0 Å². The molecule has 0 spiro atoms. The Hall–Kier alpha value is -2.13. The maximum Gasteiger partial charge on any atom is 0.122 e. The molecule has 0 amide bonds. The van der Waals surface area contributed by atoms with Crippen LogP contribution in [-0.2, 0) is 12.0 Å². The number of nitrogens with one attached hydrogen (secondary N) is 1. The van der Waals surface area contributed by atoms with Crippen LogP contribution in [0.3, 0.4) is 0 Å². The van der Waals surface area contributed by atoms with Crippen molar-refractivity contribution >= 4 is 5.84 Å². The molecule has 0 saturated heterocycles. The Balaban J connectivity index is 2.00. The molecule has 1 aliphatic heterocycles. The molecule has 0 fully saturated rings. The first-order valence-corrected chi connectivity index (χ1v) is 6.96. The van der Waals surface area contributed by atoms with Crippen molar-refractivity contribution in [3.8, 4) is 0 Å². The summed E-state index contributed by atoms with van der Waals surface area (Å²) in [7, 11) is 0. The molecule has 2 aromatic rings. The Morgan fingerprint density at radius 2 is 1.65 bits per heavy atom. The Kier molecular flexibility index (Phi) is 3.52. The first kappa shape index (κ1) is 12.9. The van der Waals surface area contributed by atoms with E-state index in [0.29, 0.717) is 0 Å². The minimum atomic E-state index is -0.584. The fraction of sp³-hybridized carbons (Fsp3) is 0.235. The van der Waals surface area contributed by atoms with Gasteiger partial charge in [-0.05, 0) is 11.1 Å². The van der Waals surface area contributed by atoms with Gasteiger partial charge >= 0.3 is 0 Å². The van der Waals surface area contributed by atoms with Gasteiger partial charge in [-0.15, -0.1) is 0 Å². The molecule has 0 aliphatic carbocycles. The van der Waals surface area contributed by atoms with Gasteiger partial charge < -0.3 is 11.1 Å². The number of amidine groups is 1. The van der Waals surface area contributed by atoms with Crippen LogP contribution in [0.1, 0.15) is 11.1 Å². The van der Waals surface area contributed by atoms with E-state index in [9.17, 15) is 0 Å². The second kappa shape index (κ2) is 5.47. The maximum atomic E-state index is 6.76. The summed E-state index contributed by atoms with van der Waals surface area (Å²) in [5.41, 5.74) is 8.49. The van der Waals surface area contributed by atoms with Crippen LogP contribution in [0, 0.1) is 0 Å². The minimum Gasteiger partial charge on any atom is -0.370 e. The Morgan fingerprint density at radius 3 is 2.25 bits per heavy atom. The third-order valence-corrected chi connectivity index (χ3v) is 3.71. The zero-order valence-electron chi connectivity index (χ0n) is 11.4. The molecule has 3 nitrogen and oxygen atoms in total. The normalized spacial score (nSPS) is 17.1. The second-order valence-electron chi connectivity index (χ2n) is 5.16. The molecule has 0 bridgehead atoms. The van der Waals surface area contributed by atoms with Crippen LogP contribution >= 0.6 is 0 Å². The van der Waals surface area contributed by atoms with Crippen LogP contribution in [0.4, 0.5) is 0 Å². The first-order chi connectivity index (χ1) is 9.79. The minimum absolute atomic E-state index is 0.584. The van der Waals surface area contributed by atoms with E-state index in [0.717, 1.165) is 30.9 Å². The molecule has 1 aliphatic rings. The molecule has 0 aromatic heterocycles. The number of hydrogen-bond donors (Lipinski definition) is 2. The molecule has 3 heteroatoms. The van der Waals surface area contributed by atoms with E-state index in [-0.39, 0.29) is 0 Å². The molecule has 1 unspecified atom stereocenters. The van der Waals surface area contributed by atoms with Crippen LogP contribution in [0.15, 0.2) is 65.7 Å². The average molecular weight is 265 g/mol. The van der Waals surface area contributed by atoms with Gasteiger partial charge in [0.05, 0.1) is 6.54 Å². The standard InChI is InChI=1S/C17H19N3/c18-17(16-19-11-12-20-16,15-9-5-2-6-10-15)13-14-7-3-1-4-8-14/h1-10H,11-13,18H2,(H,19,20). The van der Waals surface area contributed by atoms with Gasteiger partial charge in [-0.3, -0.25) is 4.99 Å². The third kappa shape index (κ3) is 2.45. The number of nitrogens with two attached hydrogens (primary N) is 1. The molecule has 1 atom stereocenters. The van der Waals surface area contributed by atoms with Crippen molar-refractivity contribution in [3.63, 3.8) is 0 Å². The smallest absolute Gasteiger partial charge is 0.122 e. The fourth-order valence-corrected chi connectivity index (χ4v) is 2.67. The predicted molar refractivity (Wildman–Crippen MR) is 82.8 cm³/mol. The zero-order chi connectivity index (χ0) is 13.8. The number of hydrogen-bond acceptors (Lipinski definition) is 3. The Bertz CT molecular complexity index is 592. The summed E-state index contributed by atoms with van der Waals surface area (Å²) < 4.78 is 0. The van der Waals surface area contributed by atoms with Gasteiger partial charge in [0.2, 0.25) is 0 Å². The van der Waals surface area contributed by atoms with Gasteiger partial charge in [0.1, 0.15) is 11.4 Å². The van der Waals surface area contributed by atoms with Crippen LogP contribution in [0.2, 0.25) is 0 Å². The van der Waals surface area contributed by atoms with E-state index in [4.69, 9.17) is 5.73 Å². The van der Waals surface area contributed by atoms with E-state index < -0.39 is 5.54 Å². The molecule has 0 radical (unpaired) electrons. The van der Waals surface area contributed by atoms with Crippen molar-refractivity contribution in [2.45, 2.75) is 12.0 Å². The molecule has 0 saturated carbocycles. The van der Waals surface area contributed by atoms with Crippen LogP contribution in [0.5, 0.6) is 0 Å². The van der Waals surface area contributed by atoms with Crippen LogP contribution < -0.4 is 11.1 Å². The number of aliphatic imine (C=N–C) groups is 1. The highest BCUT2D eigenvalue weighted by atomic mass is 15.1. The number of rotatable bonds is 4. The summed E-state index contributed by atoms with van der Waals surface area (Å²) in [5.74, 6) is 0.896. The number of nitrogens with zero attached hydrogens (tertiary/aromatic N) is 1. The number of benzene rings is 2. The molecule has 102 valence electrons. The van der Waals surface area contributed by atoms with Crippen molar-refractivity contribution in [2.75, 3.05) is 13.1 Å². The monoisotopic (exact) mass is 265 g/mol. The Labute approximate surface area is 119 Å². The SMILES string of the molecule is NC(Cc1ccccc1)(C1=NCCN1)c1ccccc1. The molecular weight excluding hydrogens is 246 g/mol. The van der Waals surface area contributed by atoms with Crippen molar-refractivity contribution in [1.29, 1.82) is 0 Å². The van der Waals surface area contributed by atoms with Gasteiger partial charge in [-0.1, -0.05) is 60.7 Å². The predicted octanol–water partition coefficient (Wildman–Crippen LogP) is 2.08. The van der Waals surface area contributed by atoms with Crippen molar-refractivity contribution in [3.05, 3.63) is 71.8 Å².